The van der Waals surface area contributed by atoms with Gasteiger partial charge in [0.25, 0.3) is 0 Å². The maximum absolute atomic E-state index is 11.8. The zero-order chi connectivity index (χ0) is 16.4. The van der Waals surface area contributed by atoms with Gasteiger partial charge in [0.05, 0.1) is 6.10 Å². The summed E-state index contributed by atoms with van der Waals surface area (Å²) in [5, 5.41) is 10.9. The second-order valence-electron chi connectivity index (χ2n) is 8.12. The van der Waals surface area contributed by atoms with Gasteiger partial charge < -0.3 is 9.84 Å². The number of aliphatic hydroxyl groups excluding tert-OH is 1. The van der Waals surface area contributed by atoms with Gasteiger partial charge in [-0.2, -0.15) is 0 Å². The molecule has 0 bridgehead atoms. The maximum atomic E-state index is 11.8. The highest BCUT2D eigenvalue weighted by molar-refractivity contribution is 6.01. The van der Waals surface area contributed by atoms with Crippen LogP contribution in [-0.2, 0) is 14.3 Å². The van der Waals surface area contributed by atoms with Crippen LogP contribution in [0, 0.1) is 23.2 Å². The van der Waals surface area contributed by atoms with Crippen LogP contribution in [0.2, 0.25) is 0 Å². The Morgan fingerprint density at radius 1 is 1.22 bits per heavy atom. The van der Waals surface area contributed by atoms with Crippen molar-refractivity contribution in [3.05, 3.63) is 23.8 Å². The van der Waals surface area contributed by atoms with Crippen LogP contribution in [0.4, 0.5) is 0 Å². The smallest absolute Gasteiger partial charge is 0.306 e. The second-order valence-corrected chi connectivity index (χ2v) is 8.12. The van der Waals surface area contributed by atoms with E-state index in [-0.39, 0.29) is 23.1 Å². The fourth-order valence-corrected chi connectivity index (χ4v) is 5.85. The highest BCUT2D eigenvalue weighted by atomic mass is 16.6. The van der Waals surface area contributed by atoms with Gasteiger partial charge in [-0.25, -0.2) is 0 Å². The highest BCUT2D eigenvalue weighted by Crippen LogP contribution is 2.60. The molecule has 4 aliphatic rings. The van der Waals surface area contributed by atoms with Crippen molar-refractivity contribution in [3.63, 3.8) is 0 Å². The first kappa shape index (κ1) is 15.1. The van der Waals surface area contributed by atoms with Crippen LogP contribution >= 0.6 is 0 Å². The Hall–Kier alpha value is -1.42. The molecule has 2 saturated carbocycles. The van der Waals surface area contributed by atoms with Crippen LogP contribution < -0.4 is 0 Å². The number of allylic oxidation sites excluding steroid dienone is 4. The molecule has 1 N–H and O–H groups in total. The van der Waals surface area contributed by atoms with Crippen LogP contribution in [0.25, 0.3) is 0 Å². The Kier molecular flexibility index (Phi) is 3.15. The fourth-order valence-electron chi connectivity index (χ4n) is 5.85. The van der Waals surface area contributed by atoms with Crippen molar-refractivity contribution >= 4 is 11.8 Å². The van der Waals surface area contributed by atoms with E-state index in [2.05, 4.69) is 6.92 Å². The second kappa shape index (κ2) is 4.79. The predicted molar refractivity (Wildman–Crippen MR) is 84.4 cm³/mol. The summed E-state index contributed by atoms with van der Waals surface area (Å²) in [6.07, 6.45) is 8.57. The van der Waals surface area contributed by atoms with Gasteiger partial charge in [-0.1, -0.05) is 18.6 Å². The van der Waals surface area contributed by atoms with E-state index in [9.17, 15) is 14.7 Å². The van der Waals surface area contributed by atoms with Crippen molar-refractivity contribution in [3.8, 4) is 0 Å². The third-order valence-corrected chi connectivity index (χ3v) is 6.84. The van der Waals surface area contributed by atoms with Crippen LogP contribution in [0.1, 0.15) is 46.0 Å². The lowest BCUT2D eigenvalue weighted by Crippen LogP contribution is -2.61. The minimum atomic E-state index is -0.540. The molecule has 0 amide bonds. The molecule has 1 saturated heterocycles. The average molecular weight is 316 g/mol. The highest BCUT2D eigenvalue weighted by Gasteiger charge is 2.60. The van der Waals surface area contributed by atoms with Crippen LogP contribution in [0.15, 0.2) is 23.8 Å². The van der Waals surface area contributed by atoms with Crippen molar-refractivity contribution in [2.45, 2.75) is 57.7 Å². The molecule has 124 valence electrons. The minimum absolute atomic E-state index is 0.0534. The molecular weight excluding hydrogens is 292 g/mol. The number of ketones is 1. The Labute approximate surface area is 136 Å². The Bertz CT molecular complexity index is 633. The normalized spacial score (nSPS) is 48.7. The largest absolute Gasteiger partial charge is 0.459 e. The molecule has 0 aromatic rings. The standard InChI is InChI=1S/C19H24O4/c1-18-8-7-12(20)9-11(18)3-4-13-14-5-6-16(22)23-19(14,2)10-15(21)17(13)18/h7-9,13-15,17,21H,3-6,10H2,1-2H3/t13-,14-,15-,17+,18-,19-/m0/s1. The van der Waals surface area contributed by atoms with E-state index in [1.807, 2.05) is 13.0 Å². The van der Waals surface area contributed by atoms with E-state index in [0.29, 0.717) is 24.7 Å². The summed E-state index contributed by atoms with van der Waals surface area (Å²) in [7, 11) is 0. The van der Waals surface area contributed by atoms with Gasteiger partial charge in [0.1, 0.15) is 5.60 Å². The predicted octanol–water partition coefficient (Wildman–Crippen LogP) is 2.56. The Balaban J connectivity index is 1.73. The van der Waals surface area contributed by atoms with Gasteiger partial charge in [-0.3, -0.25) is 9.59 Å². The van der Waals surface area contributed by atoms with E-state index in [4.69, 9.17) is 4.74 Å². The molecule has 23 heavy (non-hydrogen) atoms. The lowest BCUT2D eigenvalue weighted by atomic mass is 9.48. The lowest BCUT2D eigenvalue weighted by Gasteiger charge is -2.59. The zero-order valence-electron chi connectivity index (χ0n) is 13.7. The molecule has 6 atom stereocenters. The average Bonchev–Trinajstić information content (AvgIpc) is 2.46. The molecule has 0 radical (unpaired) electrons. The molecule has 3 aliphatic carbocycles. The van der Waals surface area contributed by atoms with Crippen LogP contribution in [-0.4, -0.2) is 28.6 Å². The molecule has 3 fully saturated rings. The Morgan fingerprint density at radius 3 is 2.78 bits per heavy atom. The van der Waals surface area contributed by atoms with Crippen LogP contribution in [0.3, 0.4) is 0 Å². The minimum Gasteiger partial charge on any atom is -0.459 e. The van der Waals surface area contributed by atoms with Gasteiger partial charge in [0.2, 0.25) is 0 Å². The van der Waals surface area contributed by atoms with Gasteiger partial charge in [0, 0.05) is 30.1 Å². The van der Waals surface area contributed by atoms with E-state index < -0.39 is 11.7 Å². The number of carbonyl (C=O) groups excluding carboxylic acids is 2. The van der Waals surface area contributed by atoms with Crippen molar-refractivity contribution in [2.24, 2.45) is 23.2 Å². The molecule has 4 nitrogen and oxygen atoms in total. The van der Waals surface area contributed by atoms with E-state index in [1.54, 1.807) is 12.2 Å². The van der Waals surface area contributed by atoms with Crippen molar-refractivity contribution in [1.82, 2.24) is 0 Å². The number of ether oxygens (including phenoxy) is 1. The number of hydrogen-bond acceptors (Lipinski definition) is 4. The van der Waals surface area contributed by atoms with Crippen molar-refractivity contribution < 1.29 is 19.4 Å². The first-order chi connectivity index (χ1) is 10.8. The molecule has 4 heteroatoms. The number of fused-ring (bicyclic) bond motifs is 5. The zero-order valence-corrected chi connectivity index (χ0v) is 13.7. The SMILES string of the molecule is C[C@]12C=CC(=O)C=C1CC[C@@H]1[C@@H]2[C@@H](O)C[C@]2(C)OC(=O)CC[C@@H]12. The summed E-state index contributed by atoms with van der Waals surface area (Å²) >= 11 is 0. The van der Waals surface area contributed by atoms with E-state index in [1.165, 1.54) is 0 Å². The fraction of sp³-hybridized carbons (Fsp3) is 0.684. The number of esters is 1. The van der Waals surface area contributed by atoms with Gasteiger partial charge in [-0.15, -0.1) is 0 Å². The molecule has 0 aromatic heterocycles. The topological polar surface area (TPSA) is 63.6 Å². The third-order valence-electron chi connectivity index (χ3n) is 6.84. The summed E-state index contributed by atoms with van der Waals surface area (Å²) in [5.41, 5.74) is 0.363. The molecule has 0 aromatic carbocycles. The van der Waals surface area contributed by atoms with Crippen molar-refractivity contribution in [2.75, 3.05) is 0 Å². The van der Waals surface area contributed by atoms with Crippen molar-refractivity contribution in [1.29, 1.82) is 0 Å². The molecule has 0 unspecified atom stereocenters. The summed E-state index contributed by atoms with van der Waals surface area (Å²) in [6.45, 7) is 4.14. The molecule has 4 rings (SSSR count). The van der Waals surface area contributed by atoms with Gasteiger partial charge in [0.15, 0.2) is 5.78 Å². The van der Waals surface area contributed by atoms with E-state index >= 15 is 0 Å². The molecular formula is C19H24O4. The molecule has 1 aliphatic heterocycles. The lowest BCUT2D eigenvalue weighted by molar-refractivity contribution is -0.209. The maximum Gasteiger partial charge on any atom is 0.306 e. The number of rotatable bonds is 0. The number of aliphatic hydroxyl groups is 1. The third kappa shape index (κ3) is 2.07. The first-order valence-corrected chi connectivity index (χ1v) is 8.68. The van der Waals surface area contributed by atoms with Crippen LogP contribution in [0.5, 0.6) is 0 Å². The quantitative estimate of drug-likeness (QED) is 0.698. The number of hydrogen-bond donors (Lipinski definition) is 1. The first-order valence-electron chi connectivity index (χ1n) is 8.68. The summed E-state index contributed by atoms with van der Waals surface area (Å²) in [4.78, 5) is 23.5. The summed E-state index contributed by atoms with van der Waals surface area (Å²) < 4.78 is 5.70. The molecule has 1 heterocycles. The number of carbonyl (C=O) groups is 2. The van der Waals surface area contributed by atoms with E-state index in [0.717, 1.165) is 24.8 Å². The molecule has 0 spiro atoms. The summed E-state index contributed by atoms with van der Waals surface area (Å²) in [6, 6.07) is 0. The Morgan fingerprint density at radius 2 is 2.00 bits per heavy atom. The monoisotopic (exact) mass is 316 g/mol. The van der Waals surface area contributed by atoms with Gasteiger partial charge in [-0.05, 0) is 44.3 Å². The summed E-state index contributed by atoms with van der Waals surface area (Å²) in [5.74, 6) is 0.648. The van der Waals surface area contributed by atoms with Gasteiger partial charge >= 0.3 is 5.97 Å².